The lowest BCUT2D eigenvalue weighted by Crippen LogP contribution is -2.19. The maximum atomic E-state index is 12.6. The highest BCUT2D eigenvalue weighted by atomic mass is 19.3. The Kier molecular flexibility index (Phi) is 4.20. The lowest BCUT2D eigenvalue weighted by atomic mass is 10.2. The summed E-state index contributed by atoms with van der Waals surface area (Å²) >= 11 is 0. The topological polar surface area (TPSA) is 29.9 Å². The van der Waals surface area contributed by atoms with Gasteiger partial charge in [-0.3, -0.25) is 4.68 Å². The predicted octanol–water partition coefficient (Wildman–Crippen LogP) is 2.10. The van der Waals surface area contributed by atoms with Crippen LogP contribution in [0.15, 0.2) is 6.20 Å². The lowest BCUT2D eigenvalue weighted by molar-refractivity contribution is 0.139. The third-order valence-corrected chi connectivity index (χ3v) is 2.14. The molecule has 0 aliphatic rings. The second kappa shape index (κ2) is 5.21. The first kappa shape index (κ1) is 12.1. The number of aryl methyl sites for hydroxylation is 1. The zero-order valence-corrected chi connectivity index (χ0v) is 9.30. The van der Waals surface area contributed by atoms with Crippen molar-refractivity contribution in [2.45, 2.75) is 26.8 Å². The second-order valence-corrected chi connectivity index (χ2v) is 4.00. The van der Waals surface area contributed by atoms with E-state index in [0.717, 1.165) is 6.54 Å². The molecule has 3 nitrogen and oxygen atoms in total. The van der Waals surface area contributed by atoms with E-state index >= 15 is 0 Å². The third kappa shape index (κ3) is 3.27. The summed E-state index contributed by atoms with van der Waals surface area (Å²) in [6.07, 6.45) is -0.970. The van der Waals surface area contributed by atoms with Gasteiger partial charge in [-0.05, 0) is 12.5 Å². The van der Waals surface area contributed by atoms with Crippen molar-refractivity contribution in [3.63, 3.8) is 0 Å². The molecule has 0 spiro atoms. The molecule has 0 bridgehead atoms. The van der Waals surface area contributed by atoms with Crippen molar-refractivity contribution >= 4 is 0 Å². The molecule has 0 unspecified atom stereocenters. The summed E-state index contributed by atoms with van der Waals surface area (Å²) in [5, 5.41) is 6.96. The van der Waals surface area contributed by atoms with Crippen LogP contribution in [0.1, 0.15) is 31.5 Å². The molecule has 1 heterocycles. The molecule has 5 heteroatoms. The van der Waals surface area contributed by atoms with Gasteiger partial charge < -0.3 is 5.32 Å². The summed E-state index contributed by atoms with van der Waals surface area (Å²) in [5.41, 5.74) is 0.583. The van der Waals surface area contributed by atoms with Crippen LogP contribution in [0, 0.1) is 5.92 Å². The molecule has 1 aromatic rings. The molecular weight excluding hydrogens is 200 g/mol. The average molecular weight is 217 g/mol. The van der Waals surface area contributed by atoms with E-state index in [-0.39, 0.29) is 5.69 Å². The van der Waals surface area contributed by atoms with Crippen LogP contribution in [-0.4, -0.2) is 16.3 Å². The maximum Gasteiger partial charge on any atom is 0.280 e. The van der Waals surface area contributed by atoms with Gasteiger partial charge in [0.15, 0.2) is 0 Å². The van der Waals surface area contributed by atoms with Gasteiger partial charge in [0.05, 0.1) is 6.20 Å². The number of nitrogens with zero attached hydrogens (tertiary/aromatic N) is 2. The quantitative estimate of drug-likeness (QED) is 0.818. The highest BCUT2D eigenvalue weighted by Gasteiger charge is 2.17. The standard InChI is InChI=1S/C10H17F2N3/c1-7(2)4-13-5-8-6-14-15(3)9(8)10(11)12/h6-7,10,13H,4-5H2,1-3H3. The van der Waals surface area contributed by atoms with Gasteiger partial charge in [0, 0.05) is 19.2 Å². The van der Waals surface area contributed by atoms with Crippen LogP contribution < -0.4 is 5.32 Å². The number of rotatable bonds is 5. The summed E-state index contributed by atoms with van der Waals surface area (Å²) < 4.78 is 26.5. The Morgan fingerprint density at radius 3 is 2.67 bits per heavy atom. The molecule has 15 heavy (non-hydrogen) atoms. The normalized spacial score (nSPS) is 11.7. The number of hydrogen-bond donors (Lipinski definition) is 1. The number of alkyl halides is 2. The second-order valence-electron chi connectivity index (χ2n) is 4.00. The Hall–Kier alpha value is -0.970. The smallest absolute Gasteiger partial charge is 0.280 e. The van der Waals surface area contributed by atoms with E-state index in [1.807, 2.05) is 0 Å². The third-order valence-electron chi connectivity index (χ3n) is 2.14. The minimum atomic E-state index is -2.46. The summed E-state index contributed by atoms with van der Waals surface area (Å²) in [6.45, 7) is 5.41. The highest BCUT2D eigenvalue weighted by Crippen LogP contribution is 2.21. The molecule has 0 aliphatic heterocycles. The van der Waals surface area contributed by atoms with Crippen LogP contribution in [0.5, 0.6) is 0 Å². The largest absolute Gasteiger partial charge is 0.312 e. The summed E-state index contributed by atoms with van der Waals surface area (Å²) in [7, 11) is 1.54. The molecule has 0 fully saturated rings. The fourth-order valence-corrected chi connectivity index (χ4v) is 1.41. The molecule has 0 aliphatic carbocycles. The van der Waals surface area contributed by atoms with E-state index in [2.05, 4.69) is 24.3 Å². The zero-order valence-electron chi connectivity index (χ0n) is 9.30. The minimum absolute atomic E-state index is 0.00579. The van der Waals surface area contributed by atoms with Crippen molar-refractivity contribution in [3.8, 4) is 0 Å². The maximum absolute atomic E-state index is 12.6. The monoisotopic (exact) mass is 217 g/mol. The van der Waals surface area contributed by atoms with Crippen LogP contribution in [-0.2, 0) is 13.6 Å². The van der Waals surface area contributed by atoms with Crippen molar-refractivity contribution in [1.82, 2.24) is 15.1 Å². The zero-order chi connectivity index (χ0) is 11.4. The fourth-order valence-electron chi connectivity index (χ4n) is 1.41. The van der Waals surface area contributed by atoms with E-state index < -0.39 is 6.43 Å². The Morgan fingerprint density at radius 1 is 1.47 bits per heavy atom. The average Bonchev–Trinajstić information content (AvgIpc) is 2.46. The van der Waals surface area contributed by atoms with Gasteiger partial charge in [-0.15, -0.1) is 0 Å². The first-order valence-corrected chi connectivity index (χ1v) is 5.02. The van der Waals surface area contributed by atoms with Crippen LogP contribution in [0.2, 0.25) is 0 Å². The van der Waals surface area contributed by atoms with Crippen molar-refractivity contribution in [3.05, 3.63) is 17.5 Å². The van der Waals surface area contributed by atoms with Crippen LogP contribution in [0.3, 0.4) is 0 Å². The van der Waals surface area contributed by atoms with Crippen LogP contribution >= 0.6 is 0 Å². The van der Waals surface area contributed by atoms with E-state index in [1.165, 1.54) is 17.9 Å². The van der Waals surface area contributed by atoms with E-state index in [4.69, 9.17) is 0 Å². The van der Waals surface area contributed by atoms with Crippen molar-refractivity contribution in [2.75, 3.05) is 6.54 Å². The molecule has 0 saturated heterocycles. The summed E-state index contributed by atoms with van der Waals surface area (Å²) in [4.78, 5) is 0. The van der Waals surface area contributed by atoms with Gasteiger partial charge in [-0.25, -0.2) is 8.78 Å². The van der Waals surface area contributed by atoms with Gasteiger partial charge in [-0.2, -0.15) is 5.10 Å². The van der Waals surface area contributed by atoms with Crippen molar-refractivity contribution in [1.29, 1.82) is 0 Å². The fraction of sp³-hybridized carbons (Fsp3) is 0.700. The molecule has 0 amide bonds. The van der Waals surface area contributed by atoms with Crippen molar-refractivity contribution < 1.29 is 8.78 Å². The van der Waals surface area contributed by atoms with Crippen LogP contribution in [0.25, 0.3) is 0 Å². The molecule has 0 atom stereocenters. The van der Waals surface area contributed by atoms with Gasteiger partial charge in [0.25, 0.3) is 6.43 Å². The number of aromatic nitrogens is 2. The molecular formula is C10H17F2N3. The van der Waals surface area contributed by atoms with E-state index in [9.17, 15) is 8.78 Å². The van der Waals surface area contributed by atoms with Gasteiger partial charge >= 0.3 is 0 Å². The van der Waals surface area contributed by atoms with Crippen molar-refractivity contribution in [2.24, 2.45) is 13.0 Å². The number of hydrogen-bond acceptors (Lipinski definition) is 2. The molecule has 1 N–H and O–H groups in total. The highest BCUT2D eigenvalue weighted by molar-refractivity contribution is 5.18. The van der Waals surface area contributed by atoms with Gasteiger partial charge in [-0.1, -0.05) is 13.8 Å². The first-order chi connectivity index (χ1) is 7.02. The lowest BCUT2D eigenvalue weighted by Gasteiger charge is -2.08. The number of nitrogens with one attached hydrogen (secondary N) is 1. The summed E-state index contributed by atoms with van der Waals surface area (Å²) in [5.74, 6) is 0.511. The molecule has 1 rings (SSSR count). The summed E-state index contributed by atoms with van der Waals surface area (Å²) in [6, 6.07) is 0. The molecule has 0 radical (unpaired) electrons. The number of halogens is 2. The Bertz CT molecular complexity index is 308. The molecule has 0 aromatic carbocycles. The van der Waals surface area contributed by atoms with Gasteiger partial charge in [0.2, 0.25) is 0 Å². The Morgan fingerprint density at radius 2 is 2.13 bits per heavy atom. The Labute approximate surface area is 88.5 Å². The Balaban J connectivity index is 2.61. The SMILES string of the molecule is CC(C)CNCc1cnn(C)c1C(F)F. The molecule has 0 saturated carbocycles. The molecule has 1 aromatic heterocycles. The first-order valence-electron chi connectivity index (χ1n) is 5.02. The minimum Gasteiger partial charge on any atom is -0.312 e. The van der Waals surface area contributed by atoms with Crippen LogP contribution in [0.4, 0.5) is 8.78 Å². The molecule has 86 valence electrons. The van der Waals surface area contributed by atoms with E-state index in [0.29, 0.717) is 18.0 Å². The van der Waals surface area contributed by atoms with E-state index in [1.54, 1.807) is 0 Å². The predicted molar refractivity (Wildman–Crippen MR) is 54.7 cm³/mol. The van der Waals surface area contributed by atoms with Gasteiger partial charge in [0.1, 0.15) is 5.69 Å².